The molecule has 0 saturated heterocycles. The molecule has 2 aromatic rings. The van der Waals surface area contributed by atoms with Crippen LogP contribution in [0.2, 0.25) is 5.02 Å². The first-order chi connectivity index (χ1) is 16.4. The van der Waals surface area contributed by atoms with Crippen LogP contribution in [0.4, 0.5) is 5.69 Å². The number of amides is 1. The van der Waals surface area contributed by atoms with E-state index < -0.39 is 5.92 Å². The maximum Gasteiger partial charge on any atom is 0.234 e. The van der Waals surface area contributed by atoms with Gasteiger partial charge in [-0.2, -0.15) is 5.26 Å². The molecule has 0 bridgehead atoms. The first kappa shape index (κ1) is 24.1. The van der Waals surface area contributed by atoms with Crippen molar-refractivity contribution in [3.05, 3.63) is 86.6 Å². The molecule has 34 heavy (non-hydrogen) atoms. The van der Waals surface area contributed by atoms with Gasteiger partial charge in [-0.1, -0.05) is 73.6 Å². The van der Waals surface area contributed by atoms with E-state index in [1.807, 2.05) is 12.1 Å². The Labute approximate surface area is 209 Å². The molecule has 1 aliphatic carbocycles. The van der Waals surface area contributed by atoms with Crippen LogP contribution in [0.3, 0.4) is 0 Å². The van der Waals surface area contributed by atoms with Crippen LogP contribution in [0.5, 0.6) is 0 Å². The number of dihydropyridines is 1. The molecule has 2 aliphatic rings. The number of nitrogens with zero attached hydrogens (tertiary/aromatic N) is 1. The monoisotopic (exact) mass is 491 g/mol. The van der Waals surface area contributed by atoms with Crippen molar-refractivity contribution in [2.75, 3.05) is 11.1 Å². The second-order valence-corrected chi connectivity index (χ2v) is 10.1. The Balaban J connectivity index is 1.63. The van der Waals surface area contributed by atoms with Crippen molar-refractivity contribution in [2.24, 2.45) is 0 Å². The summed E-state index contributed by atoms with van der Waals surface area (Å²) in [6.07, 6.45) is 2.01. The number of carbonyl (C=O) groups is 2. The Morgan fingerprint density at radius 3 is 2.62 bits per heavy atom. The molecule has 1 amide bonds. The van der Waals surface area contributed by atoms with Crippen LogP contribution in [0.25, 0.3) is 0 Å². The summed E-state index contributed by atoms with van der Waals surface area (Å²) in [4.78, 5) is 25.5. The lowest BCUT2D eigenvalue weighted by Crippen LogP contribution is -2.31. The number of hydrogen-bond acceptors (Lipinski definition) is 5. The molecular weight excluding hydrogens is 466 g/mol. The number of anilines is 1. The maximum absolute atomic E-state index is 12.9. The molecule has 0 aromatic heterocycles. The van der Waals surface area contributed by atoms with E-state index in [2.05, 4.69) is 42.7 Å². The molecule has 0 fully saturated rings. The minimum Gasteiger partial charge on any atom is -0.352 e. The highest BCUT2D eigenvalue weighted by atomic mass is 35.5. The van der Waals surface area contributed by atoms with Gasteiger partial charge in [0.2, 0.25) is 5.91 Å². The standard InChI is InChI=1S/C27H26ClN3O2S/c1-16(2)17-10-12-18(13-11-17)25-19(14-29)27(31-22-8-5-9-23(32)26(22)25)34-15-24(33)30-21-7-4-3-6-20(21)28/h3-4,6-7,10-13,16,25,31H,5,8-9,15H2,1-2H3,(H,30,33)/t25-/m1/s1. The van der Waals surface area contributed by atoms with Crippen LogP contribution in [-0.4, -0.2) is 17.4 Å². The molecule has 1 heterocycles. The lowest BCUT2D eigenvalue weighted by molar-refractivity contribution is -0.116. The largest absolute Gasteiger partial charge is 0.352 e. The molecule has 1 atom stereocenters. The third-order valence-electron chi connectivity index (χ3n) is 6.10. The Morgan fingerprint density at radius 1 is 1.21 bits per heavy atom. The fourth-order valence-electron chi connectivity index (χ4n) is 4.33. The van der Waals surface area contributed by atoms with Gasteiger partial charge in [0.05, 0.1) is 39.1 Å². The lowest BCUT2D eigenvalue weighted by Gasteiger charge is -2.33. The van der Waals surface area contributed by atoms with Gasteiger partial charge in [-0.05, 0) is 42.0 Å². The van der Waals surface area contributed by atoms with E-state index in [1.165, 1.54) is 17.3 Å². The van der Waals surface area contributed by atoms with Crippen molar-refractivity contribution >= 4 is 40.7 Å². The van der Waals surface area contributed by atoms with Crippen LogP contribution in [0, 0.1) is 11.3 Å². The van der Waals surface area contributed by atoms with Crippen LogP contribution >= 0.6 is 23.4 Å². The van der Waals surface area contributed by atoms with E-state index in [1.54, 1.807) is 24.3 Å². The first-order valence-corrected chi connectivity index (χ1v) is 12.7. The SMILES string of the molecule is CC(C)c1ccc([C@@H]2C(C#N)=C(SCC(=O)Nc3ccccc3Cl)NC3=C2C(=O)CCC3)cc1. The third kappa shape index (κ3) is 5.06. The molecule has 0 saturated carbocycles. The van der Waals surface area contributed by atoms with Gasteiger partial charge in [0, 0.05) is 17.7 Å². The Kier molecular flexibility index (Phi) is 7.45. The van der Waals surface area contributed by atoms with E-state index >= 15 is 0 Å². The molecular formula is C27H26ClN3O2S. The average Bonchev–Trinajstić information content (AvgIpc) is 2.83. The van der Waals surface area contributed by atoms with Crippen LogP contribution in [0.1, 0.15) is 56.1 Å². The van der Waals surface area contributed by atoms with Gasteiger partial charge < -0.3 is 10.6 Å². The van der Waals surface area contributed by atoms with Crippen molar-refractivity contribution in [2.45, 2.75) is 44.9 Å². The number of halogens is 1. The quantitative estimate of drug-likeness (QED) is 0.498. The molecule has 174 valence electrons. The summed E-state index contributed by atoms with van der Waals surface area (Å²) < 4.78 is 0. The van der Waals surface area contributed by atoms with Gasteiger partial charge in [-0.25, -0.2) is 0 Å². The highest BCUT2D eigenvalue weighted by molar-refractivity contribution is 8.03. The lowest BCUT2D eigenvalue weighted by atomic mass is 9.76. The number of carbonyl (C=O) groups excluding carboxylic acids is 2. The summed E-state index contributed by atoms with van der Waals surface area (Å²) in [5.41, 5.74) is 4.69. The van der Waals surface area contributed by atoms with Crippen molar-refractivity contribution in [3.63, 3.8) is 0 Å². The number of rotatable bonds is 6. The van der Waals surface area contributed by atoms with E-state index in [9.17, 15) is 14.9 Å². The molecule has 0 radical (unpaired) electrons. The predicted molar refractivity (Wildman–Crippen MR) is 137 cm³/mol. The number of allylic oxidation sites excluding steroid dienone is 3. The zero-order valence-electron chi connectivity index (χ0n) is 19.2. The van der Waals surface area contributed by atoms with Crippen molar-refractivity contribution in [1.29, 1.82) is 5.26 Å². The van der Waals surface area contributed by atoms with E-state index in [4.69, 9.17) is 11.6 Å². The van der Waals surface area contributed by atoms with Crippen molar-refractivity contribution < 1.29 is 9.59 Å². The van der Waals surface area contributed by atoms with E-state index in [0.717, 1.165) is 24.1 Å². The number of benzene rings is 2. The van der Waals surface area contributed by atoms with E-state index in [0.29, 0.717) is 39.2 Å². The number of thioether (sulfide) groups is 1. The van der Waals surface area contributed by atoms with Gasteiger partial charge in [0.25, 0.3) is 0 Å². The minimum absolute atomic E-state index is 0.0833. The number of hydrogen-bond donors (Lipinski definition) is 2. The zero-order valence-corrected chi connectivity index (χ0v) is 20.7. The Hall–Kier alpha value is -3.01. The van der Waals surface area contributed by atoms with Crippen LogP contribution in [-0.2, 0) is 9.59 Å². The van der Waals surface area contributed by atoms with Crippen molar-refractivity contribution in [1.82, 2.24) is 5.32 Å². The van der Waals surface area contributed by atoms with Gasteiger partial charge in [-0.15, -0.1) is 0 Å². The smallest absolute Gasteiger partial charge is 0.234 e. The summed E-state index contributed by atoms with van der Waals surface area (Å²) in [6, 6.07) is 17.5. The normalized spacial score (nSPS) is 17.9. The second kappa shape index (κ2) is 10.5. The summed E-state index contributed by atoms with van der Waals surface area (Å²) in [5, 5.41) is 17.4. The number of nitrogens with one attached hydrogen (secondary N) is 2. The molecule has 2 aromatic carbocycles. The minimum atomic E-state index is -0.426. The number of nitriles is 1. The summed E-state index contributed by atoms with van der Waals surface area (Å²) in [5.74, 6) is -0.0675. The average molecular weight is 492 g/mol. The molecule has 2 N–H and O–H groups in total. The maximum atomic E-state index is 12.9. The van der Waals surface area contributed by atoms with Gasteiger partial charge in [0.15, 0.2) is 5.78 Å². The van der Waals surface area contributed by atoms with Crippen molar-refractivity contribution in [3.8, 4) is 6.07 Å². The number of para-hydroxylation sites is 1. The molecule has 0 spiro atoms. The molecule has 0 unspecified atom stereocenters. The van der Waals surface area contributed by atoms with Crippen LogP contribution < -0.4 is 10.6 Å². The fourth-order valence-corrected chi connectivity index (χ4v) is 5.38. The van der Waals surface area contributed by atoms with Gasteiger partial charge in [0.1, 0.15) is 0 Å². The highest BCUT2D eigenvalue weighted by Gasteiger charge is 2.37. The van der Waals surface area contributed by atoms with Gasteiger partial charge in [-0.3, -0.25) is 9.59 Å². The highest BCUT2D eigenvalue weighted by Crippen LogP contribution is 2.44. The van der Waals surface area contributed by atoms with Gasteiger partial charge >= 0.3 is 0 Å². The topological polar surface area (TPSA) is 82.0 Å². The molecule has 5 nitrogen and oxygen atoms in total. The summed E-state index contributed by atoms with van der Waals surface area (Å²) >= 11 is 7.42. The molecule has 4 rings (SSSR count). The van der Waals surface area contributed by atoms with Crippen LogP contribution in [0.15, 0.2) is 70.4 Å². The summed E-state index contributed by atoms with van der Waals surface area (Å²) in [7, 11) is 0. The number of ketones is 1. The Bertz CT molecular complexity index is 1230. The fraction of sp³-hybridized carbons (Fsp3) is 0.296. The zero-order chi connectivity index (χ0) is 24.2. The predicted octanol–water partition coefficient (Wildman–Crippen LogP) is 6.26. The molecule has 7 heteroatoms. The number of Topliss-reactive ketones (excluding diaryl/α,β-unsaturated/α-hetero) is 1. The third-order valence-corrected chi connectivity index (χ3v) is 7.44. The Morgan fingerprint density at radius 2 is 1.94 bits per heavy atom. The second-order valence-electron chi connectivity index (χ2n) is 8.72. The summed E-state index contributed by atoms with van der Waals surface area (Å²) in [6.45, 7) is 4.27. The first-order valence-electron chi connectivity index (χ1n) is 11.3. The molecule has 1 aliphatic heterocycles. The van der Waals surface area contributed by atoms with E-state index in [-0.39, 0.29) is 17.4 Å².